The molecule has 0 unspecified atom stereocenters. The number of carbonyl (C=O) groups excluding carboxylic acids is 1. The van der Waals surface area contributed by atoms with Gasteiger partial charge in [0.2, 0.25) is 5.88 Å². The summed E-state index contributed by atoms with van der Waals surface area (Å²) in [5, 5.41) is 3.20. The zero-order valence-corrected chi connectivity index (χ0v) is 10.8. The van der Waals surface area contributed by atoms with E-state index < -0.39 is 0 Å². The fourth-order valence-corrected chi connectivity index (χ4v) is 1.92. The maximum absolute atomic E-state index is 12.0. The van der Waals surface area contributed by atoms with Crippen molar-refractivity contribution in [1.29, 1.82) is 0 Å². The second-order valence-electron chi connectivity index (χ2n) is 4.66. The van der Waals surface area contributed by atoms with Gasteiger partial charge in [0.05, 0.1) is 0 Å². The lowest BCUT2D eigenvalue weighted by Crippen LogP contribution is -2.47. The van der Waals surface area contributed by atoms with Crippen LogP contribution in [0.4, 0.5) is 4.79 Å². The summed E-state index contributed by atoms with van der Waals surface area (Å²) in [6.45, 7) is 7.10. The topological polar surface area (TPSA) is 54.5 Å². The Morgan fingerprint density at radius 3 is 2.83 bits per heavy atom. The number of ether oxygens (including phenoxy) is 1. The summed E-state index contributed by atoms with van der Waals surface area (Å²) in [5.41, 5.74) is 0.959. The molecule has 0 bridgehead atoms. The Kier molecular flexibility index (Phi) is 4.15. The third-order valence-electron chi connectivity index (χ3n) is 2.98. The van der Waals surface area contributed by atoms with E-state index in [0.717, 1.165) is 18.7 Å². The van der Waals surface area contributed by atoms with Crippen LogP contribution in [0.15, 0.2) is 18.3 Å². The van der Waals surface area contributed by atoms with Crippen molar-refractivity contribution < 1.29 is 9.53 Å². The second-order valence-corrected chi connectivity index (χ2v) is 4.66. The maximum atomic E-state index is 12.0. The first-order valence-corrected chi connectivity index (χ1v) is 6.31. The van der Waals surface area contributed by atoms with E-state index in [1.54, 1.807) is 11.1 Å². The lowest BCUT2D eigenvalue weighted by molar-refractivity contribution is 0.143. The molecule has 0 atom stereocenters. The quantitative estimate of drug-likeness (QED) is 0.865. The number of pyridine rings is 1. The van der Waals surface area contributed by atoms with Crippen molar-refractivity contribution in [2.45, 2.75) is 19.8 Å². The summed E-state index contributed by atoms with van der Waals surface area (Å²) >= 11 is 0. The predicted octanol–water partition coefficient (Wildman–Crippen LogP) is 1.61. The molecule has 1 N–H and O–H groups in total. The van der Waals surface area contributed by atoms with Gasteiger partial charge in [-0.15, -0.1) is 0 Å². The molecule has 1 aliphatic rings. The molecule has 0 aliphatic carbocycles. The van der Waals surface area contributed by atoms with Gasteiger partial charge in [0, 0.05) is 37.9 Å². The molecule has 0 radical (unpaired) electrons. The summed E-state index contributed by atoms with van der Waals surface area (Å²) in [6.07, 6.45) is 1.34. The average Bonchev–Trinajstić information content (AvgIpc) is 2.40. The fourth-order valence-electron chi connectivity index (χ4n) is 1.92. The predicted molar refractivity (Wildman–Crippen MR) is 68.8 cm³/mol. The maximum Gasteiger partial charge on any atom is 0.416 e. The van der Waals surface area contributed by atoms with Gasteiger partial charge in [-0.2, -0.15) is 0 Å². The Labute approximate surface area is 107 Å². The zero-order chi connectivity index (χ0) is 13.0. The molecule has 5 heteroatoms. The Morgan fingerprint density at radius 1 is 1.44 bits per heavy atom. The molecule has 0 saturated carbocycles. The summed E-state index contributed by atoms with van der Waals surface area (Å²) < 4.78 is 5.39. The number of aromatic nitrogens is 1. The largest absolute Gasteiger partial charge is 0.416 e. The van der Waals surface area contributed by atoms with E-state index >= 15 is 0 Å². The molecule has 98 valence electrons. The average molecular weight is 249 g/mol. The van der Waals surface area contributed by atoms with Gasteiger partial charge in [-0.05, 0) is 12.0 Å². The molecule has 1 aromatic rings. The number of carbonyl (C=O) groups is 1. The van der Waals surface area contributed by atoms with Crippen molar-refractivity contribution in [3.63, 3.8) is 0 Å². The van der Waals surface area contributed by atoms with Gasteiger partial charge in [-0.3, -0.25) is 0 Å². The van der Waals surface area contributed by atoms with Gasteiger partial charge in [0.1, 0.15) is 0 Å². The number of nitrogens with one attached hydrogen (secondary N) is 1. The highest BCUT2D eigenvalue weighted by Gasteiger charge is 2.20. The third-order valence-corrected chi connectivity index (χ3v) is 2.98. The highest BCUT2D eigenvalue weighted by atomic mass is 16.6. The molecule has 2 rings (SSSR count). The summed E-state index contributed by atoms with van der Waals surface area (Å²) in [6, 6.07) is 3.80. The van der Waals surface area contributed by atoms with Crippen LogP contribution in [0.2, 0.25) is 0 Å². The van der Waals surface area contributed by atoms with E-state index in [1.165, 1.54) is 0 Å². The van der Waals surface area contributed by atoms with E-state index in [-0.39, 0.29) is 12.0 Å². The van der Waals surface area contributed by atoms with Crippen LogP contribution < -0.4 is 10.1 Å². The van der Waals surface area contributed by atoms with Gasteiger partial charge in [-0.1, -0.05) is 19.9 Å². The molecule has 18 heavy (non-hydrogen) atoms. The van der Waals surface area contributed by atoms with E-state index in [0.29, 0.717) is 19.0 Å². The molecule has 2 heterocycles. The third kappa shape index (κ3) is 2.98. The highest BCUT2D eigenvalue weighted by Crippen LogP contribution is 2.23. The number of rotatable bonds is 2. The first-order valence-electron chi connectivity index (χ1n) is 6.31. The van der Waals surface area contributed by atoms with Crippen molar-refractivity contribution in [3.8, 4) is 5.88 Å². The second kappa shape index (κ2) is 5.82. The van der Waals surface area contributed by atoms with Gasteiger partial charge in [0.15, 0.2) is 0 Å². The van der Waals surface area contributed by atoms with Crippen molar-refractivity contribution in [2.24, 2.45) is 0 Å². The first-order chi connectivity index (χ1) is 8.68. The number of hydrogen-bond acceptors (Lipinski definition) is 4. The van der Waals surface area contributed by atoms with Crippen LogP contribution in [-0.4, -0.2) is 42.2 Å². The molecule has 0 aromatic carbocycles. The normalized spacial score (nSPS) is 15.8. The molecule has 1 aliphatic heterocycles. The highest BCUT2D eigenvalue weighted by molar-refractivity contribution is 5.70. The minimum absolute atomic E-state index is 0.282. The minimum Gasteiger partial charge on any atom is -0.391 e. The van der Waals surface area contributed by atoms with Crippen LogP contribution in [0.3, 0.4) is 0 Å². The van der Waals surface area contributed by atoms with E-state index in [2.05, 4.69) is 24.1 Å². The van der Waals surface area contributed by atoms with Crippen molar-refractivity contribution in [3.05, 3.63) is 23.9 Å². The summed E-state index contributed by atoms with van der Waals surface area (Å²) in [7, 11) is 0. The molecule has 1 amide bonds. The standard InChI is InChI=1S/C13H19N3O2/c1-10(2)11-4-3-5-15-12(11)18-13(17)16-8-6-14-7-9-16/h3-5,10,14H,6-9H2,1-2H3. The number of piperazine rings is 1. The molecule has 0 spiro atoms. The fraction of sp³-hybridized carbons (Fsp3) is 0.538. The molecule has 1 saturated heterocycles. The molecular formula is C13H19N3O2. The van der Waals surface area contributed by atoms with Gasteiger partial charge in [0.25, 0.3) is 0 Å². The lowest BCUT2D eigenvalue weighted by Gasteiger charge is -2.26. The van der Waals surface area contributed by atoms with Crippen LogP contribution in [-0.2, 0) is 0 Å². The van der Waals surface area contributed by atoms with Crippen molar-refractivity contribution in [2.75, 3.05) is 26.2 Å². The zero-order valence-electron chi connectivity index (χ0n) is 10.8. The molecule has 1 aromatic heterocycles. The van der Waals surface area contributed by atoms with Crippen LogP contribution in [0.1, 0.15) is 25.3 Å². The van der Waals surface area contributed by atoms with E-state index in [9.17, 15) is 4.79 Å². The molecule has 5 nitrogen and oxygen atoms in total. The van der Waals surface area contributed by atoms with Crippen molar-refractivity contribution >= 4 is 6.09 Å². The van der Waals surface area contributed by atoms with Crippen LogP contribution >= 0.6 is 0 Å². The number of nitrogens with zero attached hydrogens (tertiary/aromatic N) is 2. The minimum atomic E-state index is -0.308. The number of hydrogen-bond donors (Lipinski definition) is 1. The van der Waals surface area contributed by atoms with Gasteiger partial charge < -0.3 is 15.0 Å². The lowest BCUT2D eigenvalue weighted by atomic mass is 10.1. The van der Waals surface area contributed by atoms with E-state index in [4.69, 9.17) is 4.74 Å². The molecule has 1 fully saturated rings. The van der Waals surface area contributed by atoms with Gasteiger partial charge >= 0.3 is 6.09 Å². The van der Waals surface area contributed by atoms with Crippen LogP contribution in [0.25, 0.3) is 0 Å². The SMILES string of the molecule is CC(C)c1cccnc1OC(=O)N1CCNCC1. The van der Waals surface area contributed by atoms with E-state index in [1.807, 2.05) is 12.1 Å². The van der Waals surface area contributed by atoms with Gasteiger partial charge in [-0.25, -0.2) is 9.78 Å². The van der Waals surface area contributed by atoms with Crippen LogP contribution in [0, 0.1) is 0 Å². The Hall–Kier alpha value is -1.62. The summed E-state index contributed by atoms with van der Waals surface area (Å²) in [4.78, 5) is 17.8. The summed E-state index contributed by atoms with van der Waals surface area (Å²) in [5.74, 6) is 0.709. The number of amides is 1. The smallest absolute Gasteiger partial charge is 0.391 e. The van der Waals surface area contributed by atoms with Crippen LogP contribution in [0.5, 0.6) is 5.88 Å². The first kappa shape index (κ1) is 12.8. The van der Waals surface area contributed by atoms with Crippen molar-refractivity contribution in [1.82, 2.24) is 15.2 Å². The Balaban J connectivity index is 2.06. The Morgan fingerprint density at radius 2 is 2.17 bits per heavy atom. The monoisotopic (exact) mass is 249 g/mol. The molecular weight excluding hydrogens is 230 g/mol. The Bertz CT molecular complexity index is 414.